The number of aliphatic hydroxyl groups excluding tert-OH is 6. The van der Waals surface area contributed by atoms with E-state index in [1.165, 1.54) is 6.92 Å². The number of rotatable bonds is 44. The maximum Gasteiger partial charge on any atom is 0.313 e. The third kappa shape index (κ3) is 25.9. The Morgan fingerprint density at radius 1 is 0.570 bits per heavy atom. The monoisotopic (exact) mass is 1250 g/mol. The van der Waals surface area contributed by atoms with E-state index in [9.17, 15) is 67.0 Å². The smallest absolute Gasteiger partial charge is 0.313 e. The number of amides is 2. The average molecular weight is 1250 g/mol. The molecule has 30 nitrogen and oxygen atoms in total. The second kappa shape index (κ2) is 39.7. The second-order valence-corrected chi connectivity index (χ2v) is 19.3. The molecule has 0 bridgehead atoms. The minimum absolute atomic E-state index is 0.0170. The molecule has 2 aliphatic rings. The lowest BCUT2D eigenvalue weighted by Gasteiger charge is -2.40. The summed E-state index contributed by atoms with van der Waals surface area (Å²) in [6, 6.07) is -1.77. The highest BCUT2D eigenvalue weighted by atomic mass is 19.2. The summed E-state index contributed by atoms with van der Waals surface area (Å²) in [5.41, 5.74) is 1.29. The summed E-state index contributed by atoms with van der Waals surface area (Å²) < 4.78 is 141. The van der Waals surface area contributed by atoms with Crippen LogP contribution in [0.1, 0.15) is 37.6 Å². The average Bonchev–Trinajstić information content (AvgIpc) is 2.24. The molecule has 488 valence electrons. The highest BCUT2D eigenvalue weighted by Crippen LogP contribution is 2.29. The molecule has 0 radical (unpaired) electrons. The third-order valence-corrected chi connectivity index (χ3v) is 12.5. The normalized spacial score (nSPS) is 21.8. The zero-order chi connectivity index (χ0) is 62.2. The van der Waals surface area contributed by atoms with Gasteiger partial charge < -0.3 is 103 Å². The van der Waals surface area contributed by atoms with Crippen LogP contribution in [0.25, 0.3) is 0 Å². The van der Waals surface area contributed by atoms with Crippen molar-refractivity contribution < 1.29 is 129 Å². The topological polar surface area (TPSA) is 378 Å². The van der Waals surface area contributed by atoms with Gasteiger partial charge >= 0.3 is 5.97 Å². The Balaban J connectivity index is 0.903. The van der Waals surface area contributed by atoms with E-state index < -0.39 is 120 Å². The van der Waals surface area contributed by atoms with Gasteiger partial charge in [-0.25, -0.2) is 22.5 Å². The zero-order valence-electron chi connectivity index (χ0n) is 47.3. The van der Waals surface area contributed by atoms with Gasteiger partial charge in [0.25, 0.3) is 0 Å². The molecule has 5 rings (SSSR count). The van der Waals surface area contributed by atoms with Gasteiger partial charge in [0.2, 0.25) is 46.6 Å². The molecule has 10 atom stereocenters. The van der Waals surface area contributed by atoms with Crippen LogP contribution in [0.15, 0.2) is 12.4 Å². The molecule has 2 saturated heterocycles. The fraction of sp³-hybridized carbons (Fsp3) is 0.745. The Labute approximate surface area is 490 Å². The van der Waals surface area contributed by atoms with Crippen LogP contribution in [-0.4, -0.2) is 272 Å². The predicted octanol–water partition coefficient (Wildman–Crippen LogP) is -2.84. The molecule has 0 spiro atoms. The van der Waals surface area contributed by atoms with Crippen molar-refractivity contribution in [1.82, 2.24) is 40.6 Å². The first kappa shape index (κ1) is 71.6. The van der Waals surface area contributed by atoms with E-state index >= 15 is 0 Å². The van der Waals surface area contributed by atoms with E-state index in [4.69, 9.17) is 56.8 Å². The molecule has 1 unspecified atom stereocenters. The number of aromatic nitrogens is 6. The number of esters is 1. The Hall–Kier alpha value is -5.16. The van der Waals surface area contributed by atoms with Crippen LogP contribution >= 0.6 is 0 Å². The maximum absolute atomic E-state index is 13.8. The van der Waals surface area contributed by atoms with Crippen LogP contribution in [0.4, 0.5) is 22.0 Å². The highest BCUT2D eigenvalue weighted by molar-refractivity contribution is 5.76. The third-order valence-electron chi connectivity index (χ3n) is 12.5. The van der Waals surface area contributed by atoms with Gasteiger partial charge in [-0.2, -0.15) is 8.78 Å². The molecule has 1 aromatic carbocycles. The Kier molecular flexibility index (Phi) is 33.0. The molecule has 86 heavy (non-hydrogen) atoms. The summed E-state index contributed by atoms with van der Waals surface area (Å²) in [6.45, 7) is 4.45. The fourth-order valence-electron chi connectivity index (χ4n) is 7.98. The fourth-order valence-corrected chi connectivity index (χ4v) is 7.98. The number of nitrogens with one attached hydrogen (secondary N) is 2. The highest BCUT2D eigenvalue weighted by Gasteiger charge is 2.44. The van der Waals surface area contributed by atoms with Gasteiger partial charge in [0, 0.05) is 45.0 Å². The molecule has 2 aromatic heterocycles. The summed E-state index contributed by atoms with van der Waals surface area (Å²) in [5, 5.41) is 81.8. The number of carbonyl (C=O) groups excluding carboxylic acids is 3. The Bertz CT molecular complexity index is 2420. The van der Waals surface area contributed by atoms with Gasteiger partial charge in [-0.05, 0) is 0 Å². The first-order valence-corrected chi connectivity index (χ1v) is 27.6. The van der Waals surface area contributed by atoms with E-state index in [1.54, 1.807) is 21.8 Å². The van der Waals surface area contributed by atoms with E-state index in [1.807, 2.05) is 0 Å². The van der Waals surface area contributed by atoms with Crippen molar-refractivity contribution in [2.75, 3.05) is 132 Å². The van der Waals surface area contributed by atoms with E-state index in [0.29, 0.717) is 50.5 Å². The van der Waals surface area contributed by atoms with Gasteiger partial charge in [0.05, 0.1) is 175 Å². The van der Waals surface area contributed by atoms with Crippen LogP contribution in [0, 0.1) is 29.1 Å². The number of ether oxygens (including phenoxy) is 13. The Morgan fingerprint density at radius 3 is 1.53 bits per heavy atom. The summed E-state index contributed by atoms with van der Waals surface area (Å²) in [7, 11) is 0. The van der Waals surface area contributed by atoms with Gasteiger partial charge in [-0.1, -0.05) is 10.4 Å². The lowest BCUT2D eigenvalue weighted by Crippen LogP contribution is -2.64. The Morgan fingerprint density at radius 2 is 1.02 bits per heavy atom. The predicted molar refractivity (Wildman–Crippen MR) is 277 cm³/mol. The minimum atomic E-state index is -2.40. The van der Waals surface area contributed by atoms with Crippen LogP contribution < -0.4 is 15.4 Å². The van der Waals surface area contributed by atoms with Gasteiger partial charge in [-0.3, -0.25) is 14.4 Å². The molecule has 8 N–H and O–H groups in total. The number of hydrogen-bond donors (Lipinski definition) is 8. The van der Waals surface area contributed by atoms with Crippen molar-refractivity contribution in [1.29, 1.82) is 0 Å². The number of hydrogen-bond acceptors (Lipinski definition) is 26. The van der Waals surface area contributed by atoms with Crippen molar-refractivity contribution >= 4 is 17.8 Å². The molecule has 0 saturated carbocycles. The molecular formula is C51H77F5N8O22. The zero-order valence-corrected chi connectivity index (χ0v) is 47.3. The summed E-state index contributed by atoms with van der Waals surface area (Å²) in [5.74, 6) is -15.5. The number of aliphatic hydroxyl groups is 6. The largest absolute Gasteiger partial charge is 0.420 e. The van der Waals surface area contributed by atoms with Crippen molar-refractivity contribution in [3.8, 4) is 5.75 Å². The van der Waals surface area contributed by atoms with Gasteiger partial charge in [0.1, 0.15) is 36.6 Å². The second-order valence-electron chi connectivity index (χ2n) is 19.3. The molecule has 4 heterocycles. The van der Waals surface area contributed by atoms with Crippen molar-refractivity contribution in [2.45, 2.75) is 113 Å². The first-order valence-electron chi connectivity index (χ1n) is 27.6. The number of halogens is 5. The summed E-state index contributed by atoms with van der Waals surface area (Å²) in [4.78, 5) is 36.1. The SMILES string of the molecule is CC(=O)N[C@@H]1[C@@H](O)[C@@H](O)[C@@H](COCCc2cn(CCOCCOCCOCC(COCCOCCOCCn3cc(CCOC[C@H]4O[C@@H](O)C[C@@H](O)[C@H]4O)nn3)NC(=O)CCOCCOCCC(=O)Oc3c(F)c(F)c(F)c(F)c3F)nn2)O[C@H]1O. The molecule has 35 heteroatoms. The van der Waals surface area contributed by atoms with Gasteiger partial charge in [-0.15, -0.1) is 10.2 Å². The number of carbonyl (C=O) groups is 3. The van der Waals surface area contributed by atoms with Crippen LogP contribution in [0.5, 0.6) is 5.75 Å². The quantitative estimate of drug-likeness (QED) is 0.00706. The first-order chi connectivity index (χ1) is 41.4. The minimum Gasteiger partial charge on any atom is -0.420 e. The van der Waals surface area contributed by atoms with Crippen LogP contribution in [0.3, 0.4) is 0 Å². The van der Waals surface area contributed by atoms with E-state index in [0.717, 1.165) is 0 Å². The molecule has 2 amide bonds. The van der Waals surface area contributed by atoms with Crippen molar-refractivity contribution in [3.05, 3.63) is 52.9 Å². The lowest BCUT2D eigenvalue weighted by molar-refractivity contribution is -0.256. The molecular weight excluding hydrogens is 1170 g/mol. The standard InChI is InChI=1S/C51H77F5N8O22/c1-31(65)57-46-49(72)48(71)37(85-51(46)73)30-81-9-3-33-26-64(62-60-33)7-13-77-17-19-79-21-23-83-28-34(58-38(67)4-10-74-14-15-75-11-5-39(68)86-50-44(55)42(53)41(52)43(54)45(50)56)27-82-22-20-78-18-16-76-12-6-63-25-32(59-61-63)2-8-80-29-36-47(70)35(66)24-40(69)84-36/h25-26,34-37,40,46-49,51,66,69-73H,2-24,27-30H2,1H3,(H,57,65)(H,58,67)/t34?,35-,36-,37-,40-,46-,47-,48+,49-,51-/m1/s1. The molecule has 2 aliphatic heterocycles. The van der Waals surface area contributed by atoms with E-state index in [2.05, 4.69) is 36.0 Å². The van der Waals surface area contributed by atoms with Crippen molar-refractivity contribution in [3.63, 3.8) is 0 Å². The molecule has 2 fully saturated rings. The summed E-state index contributed by atoms with van der Waals surface area (Å²) >= 11 is 0. The van der Waals surface area contributed by atoms with Crippen LogP contribution in [0.2, 0.25) is 0 Å². The summed E-state index contributed by atoms with van der Waals surface area (Å²) in [6.07, 6.45) is -6.19. The number of nitrogens with zero attached hydrogens (tertiary/aromatic N) is 6. The molecule has 0 aliphatic carbocycles. The van der Waals surface area contributed by atoms with Gasteiger partial charge in [0.15, 0.2) is 12.6 Å². The maximum atomic E-state index is 13.8. The molecule has 3 aromatic rings. The number of benzene rings is 1. The van der Waals surface area contributed by atoms with E-state index in [-0.39, 0.29) is 132 Å². The lowest BCUT2D eigenvalue weighted by atomic mass is 9.97. The van der Waals surface area contributed by atoms with Crippen LogP contribution in [-0.2, 0) is 97.2 Å². The van der Waals surface area contributed by atoms with Crippen molar-refractivity contribution in [2.24, 2.45) is 0 Å².